The lowest BCUT2D eigenvalue weighted by atomic mass is 10.1. The van der Waals surface area contributed by atoms with Crippen molar-refractivity contribution in [3.05, 3.63) is 41.2 Å². The molecule has 0 atom stereocenters. The Bertz CT molecular complexity index is 540. The summed E-state index contributed by atoms with van der Waals surface area (Å²) >= 11 is 0. The van der Waals surface area contributed by atoms with Gasteiger partial charge in [0, 0.05) is 5.57 Å². The molecule has 0 saturated heterocycles. The average molecular weight is 281 g/mol. The van der Waals surface area contributed by atoms with Crippen LogP contribution >= 0.6 is 0 Å². The Balaban J connectivity index is 2.85. The SMILES string of the molecule is CCC(=CCOc1cccc(F)c1C(N)=O)C(=O)OC. The van der Waals surface area contributed by atoms with Crippen molar-refractivity contribution < 1.29 is 23.5 Å². The topological polar surface area (TPSA) is 78.6 Å². The first kappa shape index (κ1) is 15.7. The molecule has 1 amide bonds. The Morgan fingerprint density at radius 2 is 2.10 bits per heavy atom. The minimum absolute atomic E-state index is 0.00199. The van der Waals surface area contributed by atoms with E-state index in [9.17, 15) is 14.0 Å². The number of methoxy groups -OCH3 is 1. The first-order valence-electron chi connectivity index (χ1n) is 5.99. The molecule has 1 rings (SSSR count). The van der Waals surface area contributed by atoms with Gasteiger partial charge in [-0.05, 0) is 24.6 Å². The highest BCUT2D eigenvalue weighted by Gasteiger charge is 2.15. The third kappa shape index (κ3) is 3.81. The molecule has 0 aliphatic carbocycles. The summed E-state index contributed by atoms with van der Waals surface area (Å²) in [6.45, 7) is 1.79. The lowest BCUT2D eigenvalue weighted by Crippen LogP contribution is -2.15. The third-order valence-electron chi connectivity index (χ3n) is 2.62. The Hall–Kier alpha value is -2.37. The molecule has 0 aliphatic heterocycles. The van der Waals surface area contributed by atoms with Gasteiger partial charge in [-0.25, -0.2) is 9.18 Å². The zero-order chi connectivity index (χ0) is 15.1. The van der Waals surface area contributed by atoms with Crippen LogP contribution in [0.4, 0.5) is 4.39 Å². The number of ether oxygens (including phenoxy) is 2. The van der Waals surface area contributed by atoms with Crippen molar-refractivity contribution in [2.45, 2.75) is 13.3 Å². The molecule has 0 bridgehead atoms. The summed E-state index contributed by atoms with van der Waals surface area (Å²) in [5.74, 6) is -2.08. The van der Waals surface area contributed by atoms with E-state index in [-0.39, 0.29) is 17.9 Å². The lowest BCUT2D eigenvalue weighted by molar-refractivity contribution is -0.136. The number of carbonyl (C=O) groups excluding carboxylic acids is 2. The second-order valence-electron chi connectivity index (χ2n) is 3.86. The van der Waals surface area contributed by atoms with Crippen molar-refractivity contribution in [3.8, 4) is 5.75 Å². The van der Waals surface area contributed by atoms with E-state index in [1.165, 1.54) is 25.3 Å². The van der Waals surface area contributed by atoms with Crippen molar-refractivity contribution >= 4 is 11.9 Å². The molecule has 5 nitrogen and oxygen atoms in total. The van der Waals surface area contributed by atoms with Crippen molar-refractivity contribution in [2.24, 2.45) is 5.73 Å². The maximum absolute atomic E-state index is 13.5. The van der Waals surface area contributed by atoms with E-state index in [2.05, 4.69) is 4.74 Å². The van der Waals surface area contributed by atoms with Gasteiger partial charge < -0.3 is 15.2 Å². The van der Waals surface area contributed by atoms with Crippen LogP contribution in [0.1, 0.15) is 23.7 Å². The highest BCUT2D eigenvalue weighted by molar-refractivity contribution is 5.95. The summed E-state index contributed by atoms with van der Waals surface area (Å²) in [5.41, 5.74) is 5.22. The largest absolute Gasteiger partial charge is 0.489 e. The fourth-order valence-electron chi connectivity index (χ4n) is 1.60. The Morgan fingerprint density at radius 1 is 1.40 bits per heavy atom. The number of esters is 1. The van der Waals surface area contributed by atoms with Gasteiger partial charge in [0.25, 0.3) is 5.91 Å². The smallest absolute Gasteiger partial charge is 0.333 e. The Labute approximate surface area is 116 Å². The molecule has 1 aromatic rings. The number of hydrogen-bond acceptors (Lipinski definition) is 4. The zero-order valence-corrected chi connectivity index (χ0v) is 11.3. The van der Waals surface area contributed by atoms with Crippen LogP contribution in [0.25, 0.3) is 0 Å². The van der Waals surface area contributed by atoms with Gasteiger partial charge in [0.2, 0.25) is 0 Å². The summed E-state index contributed by atoms with van der Waals surface area (Å²) in [4.78, 5) is 22.5. The molecule has 0 aliphatic rings. The Morgan fingerprint density at radius 3 is 2.65 bits per heavy atom. The minimum Gasteiger partial charge on any atom is -0.489 e. The molecule has 0 aromatic heterocycles. The molecule has 0 fully saturated rings. The second kappa shape index (κ2) is 7.28. The van der Waals surface area contributed by atoms with E-state index in [0.717, 1.165) is 6.07 Å². The fraction of sp³-hybridized carbons (Fsp3) is 0.286. The molecule has 0 saturated carbocycles. The average Bonchev–Trinajstić information content (AvgIpc) is 2.42. The summed E-state index contributed by atoms with van der Waals surface area (Å²) in [5, 5.41) is 0. The van der Waals surface area contributed by atoms with Crippen LogP contribution in [-0.2, 0) is 9.53 Å². The van der Waals surface area contributed by atoms with Gasteiger partial charge in [-0.3, -0.25) is 4.79 Å². The van der Waals surface area contributed by atoms with Crippen LogP contribution in [0.5, 0.6) is 5.75 Å². The number of nitrogens with two attached hydrogens (primary N) is 1. The first-order valence-corrected chi connectivity index (χ1v) is 5.99. The van der Waals surface area contributed by atoms with Gasteiger partial charge in [-0.2, -0.15) is 0 Å². The summed E-state index contributed by atoms with van der Waals surface area (Å²) in [7, 11) is 1.28. The summed E-state index contributed by atoms with van der Waals surface area (Å²) in [6.07, 6.45) is 1.99. The van der Waals surface area contributed by atoms with Crippen molar-refractivity contribution in [1.82, 2.24) is 0 Å². The van der Waals surface area contributed by atoms with Crippen LogP contribution in [0.2, 0.25) is 0 Å². The molecule has 0 radical (unpaired) electrons. The van der Waals surface area contributed by atoms with E-state index < -0.39 is 17.7 Å². The van der Waals surface area contributed by atoms with Crippen LogP contribution in [0, 0.1) is 5.82 Å². The highest BCUT2D eigenvalue weighted by Crippen LogP contribution is 2.21. The third-order valence-corrected chi connectivity index (χ3v) is 2.62. The normalized spacial score (nSPS) is 11.1. The quantitative estimate of drug-likeness (QED) is 0.637. The molecule has 0 spiro atoms. The molecule has 2 N–H and O–H groups in total. The second-order valence-corrected chi connectivity index (χ2v) is 3.86. The molecule has 1 aromatic carbocycles. The number of carbonyl (C=O) groups is 2. The molecule has 20 heavy (non-hydrogen) atoms. The van der Waals surface area contributed by atoms with Crippen molar-refractivity contribution in [2.75, 3.05) is 13.7 Å². The number of benzene rings is 1. The standard InChI is InChI=1S/C14H16FNO4/c1-3-9(14(18)19-2)7-8-20-11-6-4-5-10(15)12(11)13(16)17/h4-7H,3,8H2,1-2H3,(H2,16,17). The van der Waals surface area contributed by atoms with Crippen molar-refractivity contribution in [3.63, 3.8) is 0 Å². The Kier molecular flexibility index (Phi) is 5.71. The van der Waals surface area contributed by atoms with Gasteiger partial charge in [0.15, 0.2) is 0 Å². The molecular formula is C14H16FNO4. The summed E-state index contributed by atoms with van der Waals surface area (Å²) < 4.78 is 23.3. The molecule has 0 heterocycles. The fourth-order valence-corrected chi connectivity index (χ4v) is 1.60. The predicted octanol–water partition coefficient (Wildman–Crippen LogP) is 1.81. The number of amides is 1. The van der Waals surface area contributed by atoms with Gasteiger partial charge in [0.05, 0.1) is 7.11 Å². The number of hydrogen-bond donors (Lipinski definition) is 1. The molecular weight excluding hydrogens is 265 g/mol. The number of primary amides is 1. The van der Waals surface area contributed by atoms with E-state index in [0.29, 0.717) is 12.0 Å². The first-order chi connectivity index (χ1) is 9.51. The van der Waals surface area contributed by atoms with Crippen LogP contribution < -0.4 is 10.5 Å². The highest BCUT2D eigenvalue weighted by atomic mass is 19.1. The number of rotatable bonds is 6. The molecule has 6 heteroatoms. The van der Waals surface area contributed by atoms with Crippen molar-refractivity contribution in [1.29, 1.82) is 0 Å². The molecule has 0 unspecified atom stereocenters. The van der Waals surface area contributed by atoms with Gasteiger partial charge in [0.1, 0.15) is 23.7 Å². The minimum atomic E-state index is -0.911. The van der Waals surface area contributed by atoms with Gasteiger partial charge >= 0.3 is 5.97 Å². The van der Waals surface area contributed by atoms with Crippen LogP contribution in [0.15, 0.2) is 29.8 Å². The van der Waals surface area contributed by atoms with E-state index in [1.807, 2.05) is 0 Å². The maximum Gasteiger partial charge on any atom is 0.333 e. The van der Waals surface area contributed by atoms with Gasteiger partial charge in [-0.15, -0.1) is 0 Å². The maximum atomic E-state index is 13.5. The molecule has 108 valence electrons. The van der Waals surface area contributed by atoms with E-state index in [1.54, 1.807) is 6.92 Å². The van der Waals surface area contributed by atoms with Crippen LogP contribution in [0.3, 0.4) is 0 Å². The van der Waals surface area contributed by atoms with E-state index >= 15 is 0 Å². The predicted molar refractivity (Wildman–Crippen MR) is 70.8 cm³/mol. The summed E-state index contributed by atoms with van der Waals surface area (Å²) in [6, 6.07) is 3.96. The van der Waals surface area contributed by atoms with Gasteiger partial charge in [-0.1, -0.05) is 13.0 Å². The lowest BCUT2D eigenvalue weighted by Gasteiger charge is -2.09. The number of halogens is 1. The zero-order valence-electron chi connectivity index (χ0n) is 11.3. The monoisotopic (exact) mass is 281 g/mol. The van der Waals surface area contributed by atoms with Crippen LogP contribution in [-0.4, -0.2) is 25.6 Å². The van der Waals surface area contributed by atoms with E-state index in [4.69, 9.17) is 10.5 Å².